The molecule has 8 heteroatoms. The maximum Gasteiger partial charge on any atom is 0.305 e. The summed E-state index contributed by atoms with van der Waals surface area (Å²) in [5.74, 6) is -2.60. The normalized spacial score (nSPS) is 10.5. The van der Waals surface area contributed by atoms with E-state index < -0.39 is 28.3 Å². The second kappa shape index (κ2) is 6.78. The molecule has 0 spiro atoms. The number of nitro groups is 1. The van der Waals surface area contributed by atoms with E-state index in [0.29, 0.717) is 6.07 Å². The predicted molar refractivity (Wildman–Crippen MR) is 71.5 cm³/mol. The fourth-order valence-electron chi connectivity index (χ4n) is 1.80. The van der Waals surface area contributed by atoms with E-state index in [2.05, 4.69) is 0 Å². The van der Waals surface area contributed by atoms with Crippen LogP contribution in [0.3, 0.4) is 0 Å². The molecule has 0 fully saturated rings. The fourth-order valence-corrected chi connectivity index (χ4v) is 1.80. The molecule has 1 aromatic rings. The van der Waals surface area contributed by atoms with Gasteiger partial charge >= 0.3 is 5.97 Å². The van der Waals surface area contributed by atoms with Crippen molar-refractivity contribution < 1.29 is 24.0 Å². The molecule has 0 aliphatic carbocycles. The Kier molecular flexibility index (Phi) is 5.34. The van der Waals surface area contributed by atoms with Gasteiger partial charge in [0.15, 0.2) is 0 Å². The topological polar surface area (TPSA) is 101 Å². The van der Waals surface area contributed by atoms with Crippen molar-refractivity contribution in [2.24, 2.45) is 0 Å². The van der Waals surface area contributed by atoms with Crippen LogP contribution in [0.4, 0.5) is 10.1 Å². The van der Waals surface area contributed by atoms with Crippen LogP contribution in [0.15, 0.2) is 18.2 Å². The number of amides is 1. The van der Waals surface area contributed by atoms with E-state index in [1.165, 1.54) is 4.90 Å². The third-order valence-corrected chi connectivity index (χ3v) is 2.84. The Bertz CT molecular complexity index is 574. The number of carboxylic acid groups (broad SMARTS) is 1. The molecule has 0 aromatic heterocycles. The molecule has 0 heterocycles. The zero-order chi connectivity index (χ0) is 16.2. The average molecular weight is 298 g/mol. The molecule has 0 unspecified atom stereocenters. The van der Waals surface area contributed by atoms with Gasteiger partial charge in [0.05, 0.1) is 17.4 Å². The maximum absolute atomic E-state index is 13.1. The minimum absolute atomic E-state index is 0.0830. The molecular formula is C13H15FN2O5. The highest BCUT2D eigenvalue weighted by Crippen LogP contribution is 2.22. The van der Waals surface area contributed by atoms with Crippen LogP contribution >= 0.6 is 0 Å². The summed E-state index contributed by atoms with van der Waals surface area (Å²) in [6.45, 7) is 3.24. The number of aliphatic carboxylic acids is 1. The summed E-state index contributed by atoms with van der Waals surface area (Å²) in [6, 6.07) is 2.31. The van der Waals surface area contributed by atoms with Gasteiger partial charge in [-0.2, -0.15) is 0 Å². The Balaban J connectivity index is 3.14. The largest absolute Gasteiger partial charge is 0.481 e. The molecule has 0 radical (unpaired) electrons. The Morgan fingerprint density at radius 3 is 2.52 bits per heavy atom. The second-order valence-electron chi connectivity index (χ2n) is 4.65. The lowest BCUT2D eigenvalue weighted by Gasteiger charge is -2.26. The molecule has 21 heavy (non-hydrogen) atoms. The summed E-state index contributed by atoms with van der Waals surface area (Å²) >= 11 is 0. The molecule has 0 aliphatic rings. The van der Waals surface area contributed by atoms with Crippen molar-refractivity contribution in [1.29, 1.82) is 0 Å². The van der Waals surface area contributed by atoms with Crippen molar-refractivity contribution in [2.75, 3.05) is 6.54 Å². The first-order valence-electron chi connectivity index (χ1n) is 6.20. The molecule has 114 valence electrons. The van der Waals surface area contributed by atoms with Crippen LogP contribution in [0.2, 0.25) is 0 Å². The van der Waals surface area contributed by atoms with Crippen molar-refractivity contribution in [3.8, 4) is 0 Å². The zero-order valence-corrected chi connectivity index (χ0v) is 11.6. The number of carbonyl (C=O) groups excluding carboxylic acids is 1. The lowest BCUT2D eigenvalue weighted by molar-refractivity contribution is -0.385. The van der Waals surface area contributed by atoms with Gasteiger partial charge in [-0.1, -0.05) is 0 Å². The zero-order valence-electron chi connectivity index (χ0n) is 11.6. The standard InChI is InChI=1S/C13H15FN2O5/c1-8(2)15(6-5-12(17)18)13(19)10-4-3-9(14)7-11(10)16(20)21/h3-4,7-8H,5-6H2,1-2H3,(H,17,18). The number of rotatable bonds is 6. The SMILES string of the molecule is CC(C)N(CCC(=O)O)C(=O)c1ccc(F)cc1[N+](=O)[O-]. The van der Waals surface area contributed by atoms with Gasteiger partial charge in [0.2, 0.25) is 0 Å². The van der Waals surface area contributed by atoms with Crippen LogP contribution in [-0.2, 0) is 4.79 Å². The summed E-state index contributed by atoms with van der Waals surface area (Å²) in [6.07, 6.45) is -0.279. The quantitative estimate of drug-likeness (QED) is 0.640. The van der Waals surface area contributed by atoms with Crippen molar-refractivity contribution >= 4 is 17.6 Å². The molecule has 1 N–H and O–H groups in total. The van der Waals surface area contributed by atoms with Gasteiger partial charge in [0.1, 0.15) is 11.4 Å². The predicted octanol–water partition coefficient (Wildman–Crippen LogP) is 2.06. The number of carboxylic acids is 1. The number of hydrogen-bond donors (Lipinski definition) is 1. The molecule has 0 atom stereocenters. The summed E-state index contributed by atoms with van der Waals surface area (Å²) in [5, 5.41) is 19.6. The molecular weight excluding hydrogens is 283 g/mol. The van der Waals surface area contributed by atoms with Crippen LogP contribution in [0, 0.1) is 15.9 Å². The summed E-state index contributed by atoms with van der Waals surface area (Å²) in [5.41, 5.74) is -0.901. The smallest absolute Gasteiger partial charge is 0.305 e. The van der Waals surface area contributed by atoms with Gasteiger partial charge in [-0.15, -0.1) is 0 Å². The number of nitrogens with zero attached hydrogens (tertiary/aromatic N) is 2. The van der Waals surface area contributed by atoms with Gasteiger partial charge < -0.3 is 10.0 Å². The third kappa shape index (κ3) is 4.23. The number of carbonyl (C=O) groups is 2. The third-order valence-electron chi connectivity index (χ3n) is 2.84. The molecule has 1 amide bonds. The van der Waals surface area contributed by atoms with Crippen LogP contribution in [0.25, 0.3) is 0 Å². The molecule has 0 aliphatic heterocycles. The van der Waals surface area contributed by atoms with E-state index in [1.54, 1.807) is 13.8 Å². The Labute approximate surface area is 120 Å². The average Bonchev–Trinajstić information content (AvgIpc) is 2.37. The lowest BCUT2D eigenvalue weighted by atomic mass is 10.1. The second-order valence-corrected chi connectivity index (χ2v) is 4.65. The first-order valence-corrected chi connectivity index (χ1v) is 6.20. The highest BCUT2D eigenvalue weighted by molar-refractivity contribution is 5.98. The van der Waals surface area contributed by atoms with E-state index in [0.717, 1.165) is 12.1 Å². The van der Waals surface area contributed by atoms with Crippen LogP contribution in [0.1, 0.15) is 30.6 Å². The highest BCUT2D eigenvalue weighted by atomic mass is 19.1. The molecule has 1 aromatic carbocycles. The number of hydrogen-bond acceptors (Lipinski definition) is 4. The first kappa shape index (κ1) is 16.5. The Hall–Kier alpha value is -2.51. The minimum Gasteiger partial charge on any atom is -0.481 e. The van der Waals surface area contributed by atoms with Crippen LogP contribution < -0.4 is 0 Å². The van der Waals surface area contributed by atoms with Gasteiger partial charge in [0.25, 0.3) is 11.6 Å². The summed E-state index contributed by atoms with van der Waals surface area (Å²) < 4.78 is 13.1. The van der Waals surface area contributed by atoms with Gasteiger partial charge in [-0.05, 0) is 26.0 Å². The van der Waals surface area contributed by atoms with E-state index in [1.807, 2.05) is 0 Å². The van der Waals surface area contributed by atoms with E-state index in [9.17, 15) is 24.1 Å². The first-order chi connectivity index (χ1) is 9.73. The van der Waals surface area contributed by atoms with Crippen molar-refractivity contribution in [3.05, 3.63) is 39.7 Å². The van der Waals surface area contributed by atoms with E-state index in [4.69, 9.17) is 5.11 Å². The molecule has 7 nitrogen and oxygen atoms in total. The van der Waals surface area contributed by atoms with Crippen molar-refractivity contribution in [3.63, 3.8) is 0 Å². The van der Waals surface area contributed by atoms with Gasteiger partial charge in [0, 0.05) is 12.6 Å². The number of halogens is 1. The molecule has 0 saturated carbocycles. The molecule has 0 saturated heterocycles. The van der Waals surface area contributed by atoms with Crippen LogP contribution in [0.5, 0.6) is 0 Å². The number of nitro benzene ring substituents is 1. The summed E-state index contributed by atoms with van der Waals surface area (Å²) in [7, 11) is 0. The van der Waals surface area contributed by atoms with Crippen molar-refractivity contribution in [2.45, 2.75) is 26.3 Å². The monoisotopic (exact) mass is 298 g/mol. The lowest BCUT2D eigenvalue weighted by Crippen LogP contribution is -2.38. The molecule has 1 rings (SSSR count). The molecule has 0 bridgehead atoms. The maximum atomic E-state index is 13.1. The Morgan fingerprint density at radius 1 is 1.43 bits per heavy atom. The van der Waals surface area contributed by atoms with Crippen molar-refractivity contribution in [1.82, 2.24) is 4.90 Å². The van der Waals surface area contributed by atoms with Gasteiger partial charge in [-0.3, -0.25) is 19.7 Å². The van der Waals surface area contributed by atoms with E-state index in [-0.39, 0.29) is 24.6 Å². The minimum atomic E-state index is -1.08. The van der Waals surface area contributed by atoms with Gasteiger partial charge in [-0.25, -0.2) is 4.39 Å². The highest BCUT2D eigenvalue weighted by Gasteiger charge is 2.27. The van der Waals surface area contributed by atoms with E-state index >= 15 is 0 Å². The summed E-state index contributed by atoms with van der Waals surface area (Å²) in [4.78, 5) is 34.2. The van der Waals surface area contributed by atoms with Crippen LogP contribution in [-0.4, -0.2) is 39.4 Å². The number of benzene rings is 1. The fraction of sp³-hybridized carbons (Fsp3) is 0.385. The Morgan fingerprint density at radius 2 is 2.05 bits per heavy atom.